The van der Waals surface area contributed by atoms with Gasteiger partial charge in [0.25, 0.3) is 0 Å². The molecular weight excluding hydrogens is 294 g/mol. The van der Waals surface area contributed by atoms with Crippen molar-refractivity contribution in [2.75, 3.05) is 31.1 Å². The highest BCUT2D eigenvalue weighted by Gasteiger charge is 2.16. The summed E-state index contributed by atoms with van der Waals surface area (Å²) in [6, 6.07) is 3.57. The molecule has 0 saturated carbocycles. The number of hydrogen-bond donors (Lipinski definition) is 2. The summed E-state index contributed by atoms with van der Waals surface area (Å²) >= 11 is 0. The number of pyridine rings is 1. The number of anilines is 1. The Morgan fingerprint density at radius 2 is 2.17 bits per heavy atom. The Labute approximate surface area is 134 Å². The van der Waals surface area contributed by atoms with Crippen molar-refractivity contribution in [2.45, 2.75) is 12.8 Å². The first-order valence-corrected chi connectivity index (χ1v) is 7.60. The molecule has 1 saturated heterocycles. The third-order valence-corrected chi connectivity index (χ3v) is 3.81. The van der Waals surface area contributed by atoms with E-state index in [0.29, 0.717) is 29.8 Å². The Hall–Kier alpha value is -2.61. The van der Waals surface area contributed by atoms with Crippen LogP contribution in [0.5, 0.6) is 0 Å². The number of nitrogens with zero attached hydrogens (tertiary/aromatic N) is 5. The van der Waals surface area contributed by atoms with Crippen LogP contribution in [0.4, 0.5) is 5.82 Å². The first-order valence-electron chi connectivity index (χ1n) is 7.60. The lowest BCUT2D eigenvalue weighted by Crippen LogP contribution is -2.43. The molecule has 8 heteroatoms. The van der Waals surface area contributed by atoms with Gasteiger partial charge in [-0.15, -0.1) is 10.2 Å². The van der Waals surface area contributed by atoms with Crippen LogP contribution in [-0.4, -0.2) is 57.6 Å². The van der Waals surface area contributed by atoms with Crippen LogP contribution in [0, 0.1) is 0 Å². The first-order chi connectivity index (χ1) is 11.2. The van der Waals surface area contributed by atoms with E-state index < -0.39 is 0 Å². The third kappa shape index (κ3) is 3.78. The SMILES string of the molecule is C=C(CCc1nn[nH]n1)C(=O)c1ccnc(N2CCNCC2)c1. The highest BCUT2D eigenvalue weighted by Crippen LogP contribution is 2.17. The number of carbonyl (C=O) groups is 1. The summed E-state index contributed by atoms with van der Waals surface area (Å²) in [5, 5.41) is 16.9. The first kappa shape index (κ1) is 15.3. The molecule has 0 aliphatic carbocycles. The average Bonchev–Trinajstić information content (AvgIpc) is 3.13. The smallest absolute Gasteiger partial charge is 0.188 e. The summed E-state index contributed by atoms with van der Waals surface area (Å²) in [7, 11) is 0. The molecule has 0 aromatic carbocycles. The van der Waals surface area contributed by atoms with Crippen molar-refractivity contribution < 1.29 is 4.79 Å². The lowest BCUT2D eigenvalue weighted by Gasteiger charge is -2.28. The molecule has 2 N–H and O–H groups in total. The number of H-pyrrole nitrogens is 1. The van der Waals surface area contributed by atoms with Gasteiger partial charge in [0.1, 0.15) is 5.82 Å². The number of Topliss-reactive ketones (excluding diaryl/α,β-unsaturated/α-hetero) is 1. The van der Waals surface area contributed by atoms with E-state index >= 15 is 0 Å². The standard InChI is InChI=1S/C15H19N7O/c1-11(2-3-13-18-20-21-19-13)15(23)12-4-5-17-14(10-12)22-8-6-16-7-9-22/h4-5,10,16H,1-3,6-9H2,(H,18,19,20,21). The molecule has 1 aliphatic rings. The molecule has 8 nitrogen and oxygen atoms in total. The molecule has 0 atom stereocenters. The largest absolute Gasteiger partial charge is 0.354 e. The molecule has 3 rings (SSSR count). The van der Waals surface area contributed by atoms with E-state index in [1.165, 1.54) is 0 Å². The number of allylic oxidation sites excluding steroid dienone is 1. The molecule has 2 aromatic rings. The molecule has 0 spiro atoms. The fraction of sp³-hybridized carbons (Fsp3) is 0.400. The normalized spacial score (nSPS) is 14.7. The molecule has 0 unspecified atom stereocenters. The van der Waals surface area contributed by atoms with Gasteiger partial charge in [-0.1, -0.05) is 11.8 Å². The third-order valence-electron chi connectivity index (χ3n) is 3.81. The van der Waals surface area contributed by atoms with E-state index in [1.54, 1.807) is 12.3 Å². The number of ketones is 1. The van der Waals surface area contributed by atoms with Gasteiger partial charge in [0.15, 0.2) is 11.6 Å². The molecule has 23 heavy (non-hydrogen) atoms. The number of aromatic nitrogens is 5. The van der Waals surface area contributed by atoms with Crippen molar-refractivity contribution >= 4 is 11.6 Å². The number of hydrogen-bond acceptors (Lipinski definition) is 7. The van der Waals surface area contributed by atoms with E-state index in [0.717, 1.165) is 32.0 Å². The zero-order valence-corrected chi connectivity index (χ0v) is 12.8. The second-order valence-corrected chi connectivity index (χ2v) is 5.40. The van der Waals surface area contributed by atoms with Crippen molar-refractivity contribution in [3.63, 3.8) is 0 Å². The van der Waals surface area contributed by atoms with E-state index in [-0.39, 0.29) is 5.78 Å². The lowest BCUT2D eigenvalue weighted by atomic mass is 10.0. The number of aryl methyl sites for hydroxylation is 1. The molecule has 0 radical (unpaired) electrons. The molecule has 1 aliphatic heterocycles. The Morgan fingerprint density at radius 3 is 2.91 bits per heavy atom. The van der Waals surface area contributed by atoms with E-state index in [1.807, 2.05) is 6.07 Å². The predicted octanol–water partition coefficient (Wildman–Crippen LogP) is 0.376. The predicted molar refractivity (Wildman–Crippen MR) is 85.3 cm³/mol. The van der Waals surface area contributed by atoms with Crippen LogP contribution in [0.2, 0.25) is 0 Å². The monoisotopic (exact) mass is 313 g/mol. The number of piperazine rings is 1. The molecule has 3 heterocycles. The number of nitrogens with one attached hydrogen (secondary N) is 2. The maximum absolute atomic E-state index is 12.5. The van der Waals surface area contributed by atoms with Crippen molar-refractivity contribution in [3.8, 4) is 0 Å². The van der Waals surface area contributed by atoms with Crippen LogP contribution in [0.25, 0.3) is 0 Å². The molecule has 1 fully saturated rings. The fourth-order valence-electron chi connectivity index (χ4n) is 2.50. The Bertz CT molecular complexity index is 677. The molecule has 2 aromatic heterocycles. The Balaban J connectivity index is 1.65. The van der Waals surface area contributed by atoms with Gasteiger partial charge in [0.05, 0.1) is 0 Å². The van der Waals surface area contributed by atoms with Crippen LogP contribution < -0.4 is 10.2 Å². The summed E-state index contributed by atoms with van der Waals surface area (Å²) < 4.78 is 0. The maximum atomic E-state index is 12.5. The number of tetrazole rings is 1. The van der Waals surface area contributed by atoms with E-state index in [4.69, 9.17) is 0 Å². The maximum Gasteiger partial charge on any atom is 0.188 e. The van der Waals surface area contributed by atoms with E-state index in [9.17, 15) is 4.79 Å². The van der Waals surface area contributed by atoms with Gasteiger partial charge in [-0.3, -0.25) is 4.79 Å². The molecular formula is C15H19N7O. The summed E-state index contributed by atoms with van der Waals surface area (Å²) in [4.78, 5) is 19.1. The topological polar surface area (TPSA) is 99.7 Å². The van der Waals surface area contributed by atoms with Gasteiger partial charge in [-0.05, 0) is 24.1 Å². The van der Waals surface area contributed by atoms with Gasteiger partial charge in [-0.2, -0.15) is 5.21 Å². The quantitative estimate of drug-likeness (QED) is 0.587. The summed E-state index contributed by atoms with van der Waals surface area (Å²) in [6.07, 6.45) is 2.72. The summed E-state index contributed by atoms with van der Waals surface area (Å²) in [6.45, 7) is 7.53. The van der Waals surface area contributed by atoms with Gasteiger partial charge >= 0.3 is 0 Å². The number of rotatable bonds is 6. The minimum absolute atomic E-state index is 0.0627. The minimum Gasteiger partial charge on any atom is -0.354 e. The Kier molecular flexibility index (Phi) is 4.72. The molecule has 0 bridgehead atoms. The summed E-state index contributed by atoms with van der Waals surface area (Å²) in [5.74, 6) is 1.35. The average molecular weight is 313 g/mol. The van der Waals surface area contributed by atoms with Crippen molar-refractivity contribution in [1.82, 2.24) is 30.9 Å². The highest BCUT2D eigenvalue weighted by atomic mass is 16.1. The van der Waals surface area contributed by atoms with Crippen LogP contribution in [0.1, 0.15) is 22.6 Å². The van der Waals surface area contributed by atoms with Crippen LogP contribution >= 0.6 is 0 Å². The number of carbonyl (C=O) groups excluding carboxylic acids is 1. The van der Waals surface area contributed by atoms with Crippen molar-refractivity contribution in [1.29, 1.82) is 0 Å². The minimum atomic E-state index is -0.0627. The zero-order chi connectivity index (χ0) is 16.1. The second kappa shape index (κ2) is 7.10. The van der Waals surface area contributed by atoms with Gasteiger partial charge in [-0.25, -0.2) is 4.98 Å². The fourth-order valence-corrected chi connectivity index (χ4v) is 2.50. The van der Waals surface area contributed by atoms with Crippen molar-refractivity contribution in [3.05, 3.63) is 41.9 Å². The highest BCUT2D eigenvalue weighted by molar-refractivity contribution is 6.08. The van der Waals surface area contributed by atoms with Crippen LogP contribution in [0.3, 0.4) is 0 Å². The summed E-state index contributed by atoms with van der Waals surface area (Å²) in [5.41, 5.74) is 1.15. The number of aromatic amines is 1. The zero-order valence-electron chi connectivity index (χ0n) is 12.8. The molecule has 0 amide bonds. The van der Waals surface area contributed by atoms with Gasteiger partial charge in [0, 0.05) is 44.4 Å². The second-order valence-electron chi connectivity index (χ2n) is 5.40. The van der Waals surface area contributed by atoms with Crippen molar-refractivity contribution in [2.24, 2.45) is 0 Å². The Morgan fingerprint density at radius 1 is 1.35 bits per heavy atom. The van der Waals surface area contributed by atoms with Crippen LogP contribution in [0.15, 0.2) is 30.5 Å². The van der Waals surface area contributed by atoms with Gasteiger partial charge < -0.3 is 10.2 Å². The molecule has 120 valence electrons. The van der Waals surface area contributed by atoms with E-state index in [2.05, 4.69) is 42.4 Å². The lowest BCUT2D eigenvalue weighted by molar-refractivity contribution is 0.103. The van der Waals surface area contributed by atoms with Crippen LogP contribution in [-0.2, 0) is 6.42 Å². The van der Waals surface area contributed by atoms with Gasteiger partial charge in [0.2, 0.25) is 0 Å².